The second-order valence-corrected chi connectivity index (χ2v) is 5.07. The molecule has 1 unspecified atom stereocenters. The molecule has 96 valence electrons. The van der Waals surface area contributed by atoms with E-state index in [1.807, 2.05) is 30.3 Å². The average molecular weight is 243 g/mol. The van der Waals surface area contributed by atoms with E-state index in [0.717, 1.165) is 31.7 Å². The lowest BCUT2D eigenvalue weighted by Gasteiger charge is -2.32. The van der Waals surface area contributed by atoms with E-state index in [4.69, 9.17) is 5.73 Å². The van der Waals surface area contributed by atoms with Crippen molar-refractivity contribution in [2.75, 3.05) is 26.2 Å². The van der Waals surface area contributed by atoms with Crippen LogP contribution >= 0.6 is 0 Å². The summed E-state index contributed by atoms with van der Waals surface area (Å²) in [6, 6.07) is 12.5. The number of nitriles is 1. The third kappa shape index (κ3) is 3.32. The van der Waals surface area contributed by atoms with Gasteiger partial charge in [-0.15, -0.1) is 0 Å². The fourth-order valence-electron chi connectivity index (χ4n) is 2.57. The van der Waals surface area contributed by atoms with Crippen LogP contribution in [0.25, 0.3) is 0 Å². The van der Waals surface area contributed by atoms with Crippen molar-refractivity contribution in [1.29, 1.82) is 5.26 Å². The van der Waals surface area contributed by atoms with Crippen LogP contribution in [0.15, 0.2) is 30.3 Å². The molecule has 1 saturated heterocycles. The molecular weight excluding hydrogens is 222 g/mol. The number of hydrogen-bond donors (Lipinski definition) is 1. The molecule has 0 radical (unpaired) electrons. The zero-order valence-electron chi connectivity index (χ0n) is 10.8. The van der Waals surface area contributed by atoms with Gasteiger partial charge in [0.2, 0.25) is 0 Å². The SMILES string of the molecule is N#CC(CN1CCC(CN)CC1)c1ccccc1. The maximum atomic E-state index is 9.31. The van der Waals surface area contributed by atoms with Crippen LogP contribution in [-0.2, 0) is 0 Å². The van der Waals surface area contributed by atoms with Crippen molar-refractivity contribution < 1.29 is 0 Å². The van der Waals surface area contributed by atoms with E-state index in [1.54, 1.807) is 0 Å². The van der Waals surface area contributed by atoms with Crippen molar-refractivity contribution in [3.05, 3.63) is 35.9 Å². The molecule has 2 N–H and O–H groups in total. The number of likely N-dealkylation sites (tertiary alicyclic amines) is 1. The molecule has 1 fully saturated rings. The first-order valence-corrected chi connectivity index (χ1v) is 6.70. The van der Waals surface area contributed by atoms with Gasteiger partial charge in [-0.1, -0.05) is 30.3 Å². The number of nitrogens with two attached hydrogens (primary N) is 1. The summed E-state index contributed by atoms with van der Waals surface area (Å²) < 4.78 is 0. The van der Waals surface area contributed by atoms with Crippen LogP contribution in [0, 0.1) is 17.2 Å². The van der Waals surface area contributed by atoms with E-state index in [-0.39, 0.29) is 5.92 Å². The van der Waals surface area contributed by atoms with Crippen LogP contribution < -0.4 is 5.73 Å². The Labute approximate surface area is 109 Å². The standard InChI is InChI=1S/C15H21N3/c16-10-13-6-8-18(9-7-13)12-15(11-17)14-4-2-1-3-5-14/h1-5,13,15H,6-10,12,16H2. The molecule has 1 heterocycles. The summed E-state index contributed by atoms with van der Waals surface area (Å²) in [4.78, 5) is 2.40. The summed E-state index contributed by atoms with van der Waals surface area (Å²) in [7, 11) is 0. The topological polar surface area (TPSA) is 53.0 Å². The molecule has 0 bridgehead atoms. The van der Waals surface area contributed by atoms with Crippen molar-refractivity contribution >= 4 is 0 Å². The summed E-state index contributed by atoms with van der Waals surface area (Å²) in [5.74, 6) is 0.666. The largest absolute Gasteiger partial charge is 0.330 e. The maximum Gasteiger partial charge on any atom is 0.0839 e. The van der Waals surface area contributed by atoms with E-state index in [1.165, 1.54) is 12.8 Å². The van der Waals surface area contributed by atoms with Crippen molar-refractivity contribution in [3.63, 3.8) is 0 Å². The van der Waals surface area contributed by atoms with Gasteiger partial charge >= 0.3 is 0 Å². The highest BCUT2D eigenvalue weighted by Gasteiger charge is 2.21. The first kappa shape index (κ1) is 13.1. The van der Waals surface area contributed by atoms with Crippen LogP contribution in [-0.4, -0.2) is 31.1 Å². The number of nitrogens with zero attached hydrogens (tertiary/aromatic N) is 2. The van der Waals surface area contributed by atoms with Crippen LogP contribution in [0.4, 0.5) is 0 Å². The van der Waals surface area contributed by atoms with E-state index in [2.05, 4.69) is 11.0 Å². The van der Waals surface area contributed by atoms with Gasteiger partial charge in [-0.2, -0.15) is 5.26 Å². The Morgan fingerprint density at radius 3 is 2.50 bits per heavy atom. The molecule has 1 aromatic carbocycles. The summed E-state index contributed by atoms with van der Waals surface area (Å²) >= 11 is 0. The molecule has 0 spiro atoms. The molecule has 0 saturated carbocycles. The summed E-state index contributed by atoms with van der Waals surface area (Å²) in [5, 5.41) is 9.31. The van der Waals surface area contributed by atoms with E-state index >= 15 is 0 Å². The Bertz CT molecular complexity index is 388. The van der Waals surface area contributed by atoms with Crippen molar-refractivity contribution in [1.82, 2.24) is 4.90 Å². The van der Waals surface area contributed by atoms with Gasteiger partial charge in [0.25, 0.3) is 0 Å². The molecule has 0 aromatic heterocycles. The Morgan fingerprint density at radius 1 is 1.28 bits per heavy atom. The van der Waals surface area contributed by atoms with Gasteiger partial charge < -0.3 is 10.6 Å². The quantitative estimate of drug-likeness (QED) is 0.879. The number of piperidine rings is 1. The van der Waals surface area contributed by atoms with Crippen molar-refractivity contribution in [2.45, 2.75) is 18.8 Å². The maximum absolute atomic E-state index is 9.31. The third-order valence-corrected chi connectivity index (χ3v) is 3.84. The zero-order chi connectivity index (χ0) is 12.8. The fourth-order valence-corrected chi connectivity index (χ4v) is 2.57. The normalized spacial score (nSPS) is 19.3. The van der Waals surface area contributed by atoms with E-state index < -0.39 is 0 Å². The van der Waals surface area contributed by atoms with E-state index in [0.29, 0.717) is 5.92 Å². The third-order valence-electron chi connectivity index (χ3n) is 3.84. The van der Waals surface area contributed by atoms with Crippen LogP contribution in [0.1, 0.15) is 24.3 Å². The van der Waals surface area contributed by atoms with Gasteiger partial charge in [-0.05, 0) is 44.0 Å². The molecule has 18 heavy (non-hydrogen) atoms. The molecule has 0 aliphatic carbocycles. The molecule has 1 aliphatic heterocycles. The minimum atomic E-state index is -0.0133. The lowest BCUT2D eigenvalue weighted by molar-refractivity contribution is 0.184. The van der Waals surface area contributed by atoms with Gasteiger partial charge in [0.15, 0.2) is 0 Å². The summed E-state index contributed by atoms with van der Waals surface area (Å²) in [6.45, 7) is 3.80. The second kappa shape index (κ2) is 6.53. The van der Waals surface area contributed by atoms with Crippen LogP contribution in [0.5, 0.6) is 0 Å². The molecule has 3 heteroatoms. The van der Waals surface area contributed by atoms with Gasteiger partial charge in [-0.25, -0.2) is 0 Å². The molecule has 1 aliphatic rings. The molecule has 1 atom stereocenters. The van der Waals surface area contributed by atoms with Crippen molar-refractivity contribution in [2.24, 2.45) is 11.7 Å². The Kier molecular flexibility index (Phi) is 4.74. The zero-order valence-corrected chi connectivity index (χ0v) is 10.8. The lowest BCUT2D eigenvalue weighted by Crippen LogP contribution is -2.38. The molecule has 3 nitrogen and oxygen atoms in total. The smallest absolute Gasteiger partial charge is 0.0839 e. The molecule has 1 aromatic rings. The Hall–Kier alpha value is -1.37. The lowest BCUT2D eigenvalue weighted by atomic mass is 9.94. The molecule has 2 rings (SSSR count). The van der Waals surface area contributed by atoms with Crippen molar-refractivity contribution in [3.8, 4) is 6.07 Å². The number of rotatable bonds is 4. The fraction of sp³-hybridized carbons (Fsp3) is 0.533. The van der Waals surface area contributed by atoms with Crippen LogP contribution in [0.3, 0.4) is 0 Å². The van der Waals surface area contributed by atoms with E-state index in [9.17, 15) is 5.26 Å². The number of hydrogen-bond acceptors (Lipinski definition) is 3. The minimum Gasteiger partial charge on any atom is -0.330 e. The van der Waals surface area contributed by atoms with Crippen LogP contribution in [0.2, 0.25) is 0 Å². The predicted octanol–water partition coefficient (Wildman–Crippen LogP) is 1.96. The highest BCUT2D eigenvalue weighted by molar-refractivity contribution is 5.25. The monoisotopic (exact) mass is 243 g/mol. The van der Waals surface area contributed by atoms with Gasteiger partial charge in [0.05, 0.1) is 12.0 Å². The molecule has 0 amide bonds. The summed E-state index contributed by atoms with van der Waals surface area (Å²) in [5.41, 5.74) is 6.82. The predicted molar refractivity (Wildman–Crippen MR) is 73.0 cm³/mol. The minimum absolute atomic E-state index is 0.0133. The Balaban J connectivity index is 1.91. The highest BCUT2D eigenvalue weighted by Crippen LogP contribution is 2.21. The second-order valence-electron chi connectivity index (χ2n) is 5.07. The van der Waals surface area contributed by atoms with Gasteiger partial charge in [0.1, 0.15) is 0 Å². The van der Waals surface area contributed by atoms with Gasteiger partial charge in [0, 0.05) is 6.54 Å². The molecular formula is C15H21N3. The number of benzene rings is 1. The summed E-state index contributed by atoms with van der Waals surface area (Å²) in [6.07, 6.45) is 2.34. The first-order valence-electron chi connectivity index (χ1n) is 6.70. The first-order chi connectivity index (χ1) is 8.83. The Morgan fingerprint density at radius 2 is 1.94 bits per heavy atom. The highest BCUT2D eigenvalue weighted by atomic mass is 15.1. The van der Waals surface area contributed by atoms with Gasteiger partial charge in [-0.3, -0.25) is 0 Å². The average Bonchev–Trinajstić information content (AvgIpc) is 2.46.